The van der Waals surface area contributed by atoms with Gasteiger partial charge in [-0.2, -0.15) is 0 Å². The lowest BCUT2D eigenvalue weighted by Crippen LogP contribution is -2.26. The van der Waals surface area contributed by atoms with E-state index in [4.69, 9.17) is 9.84 Å². The molecule has 0 aromatic rings. The molecule has 6 heteroatoms. The number of aliphatic hydroxyl groups is 3. The molecule has 0 saturated carbocycles. The number of carboxylic acid groups (broad SMARTS) is 1. The molecule has 1 heterocycles. The molecule has 0 aliphatic carbocycles. The maximum absolute atomic E-state index is 10.4. The van der Waals surface area contributed by atoms with E-state index in [1.807, 2.05) is 6.92 Å². The molecule has 140 valence electrons. The first kappa shape index (κ1) is 21.1. The highest BCUT2D eigenvalue weighted by Crippen LogP contribution is 2.26. The smallest absolute Gasteiger partial charge is 0.303 e. The third-order valence-corrected chi connectivity index (χ3v) is 4.45. The van der Waals surface area contributed by atoms with Gasteiger partial charge in [0.1, 0.15) is 6.10 Å². The van der Waals surface area contributed by atoms with E-state index in [1.165, 1.54) is 0 Å². The molecular weight excluding hydrogens is 312 g/mol. The van der Waals surface area contributed by atoms with Gasteiger partial charge >= 0.3 is 5.97 Å². The van der Waals surface area contributed by atoms with Crippen molar-refractivity contribution >= 4 is 5.97 Å². The van der Waals surface area contributed by atoms with Crippen LogP contribution in [0.15, 0.2) is 12.2 Å². The van der Waals surface area contributed by atoms with Gasteiger partial charge in [0, 0.05) is 12.8 Å². The Morgan fingerprint density at radius 1 is 1.21 bits per heavy atom. The summed E-state index contributed by atoms with van der Waals surface area (Å²) in [7, 11) is 0. The fraction of sp³-hybridized carbons (Fsp3) is 0.833. The first-order valence-corrected chi connectivity index (χ1v) is 9.03. The Labute approximate surface area is 144 Å². The van der Waals surface area contributed by atoms with E-state index < -0.39 is 30.4 Å². The third-order valence-electron chi connectivity index (χ3n) is 4.45. The van der Waals surface area contributed by atoms with E-state index in [-0.39, 0.29) is 12.5 Å². The molecule has 5 atom stereocenters. The highest BCUT2D eigenvalue weighted by atomic mass is 16.5. The van der Waals surface area contributed by atoms with Crippen LogP contribution in [0, 0.1) is 0 Å². The van der Waals surface area contributed by atoms with Gasteiger partial charge in [-0.15, -0.1) is 0 Å². The van der Waals surface area contributed by atoms with Gasteiger partial charge in [-0.3, -0.25) is 4.79 Å². The molecule has 0 radical (unpaired) electrons. The Balaban J connectivity index is 2.18. The van der Waals surface area contributed by atoms with Crippen molar-refractivity contribution in [3.8, 4) is 0 Å². The average Bonchev–Trinajstić information content (AvgIpc) is 2.92. The number of carbonyl (C=O) groups is 1. The zero-order valence-corrected chi connectivity index (χ0v) is 14.5. The molecule has 1 fully saturated rings. The van der Waals surface area contributed by atoms with Crippen LogP contribution < -0.4 is 0 Å². The van der Waals surface area contributed by atoms with Crippen molar-refractivity contribution in [2.24, 2.45) is 0 Å². The second-order valence-electron chi connectivity index (χ2n) is 6.57. The number of carboxylic acids is 1. The molecule has 0 aromatic heterocycles. The summed E-state index contributed by atoms with van der Waals surface area (Å²) in [6, 6.07) is 0. The number of aliphatic carboxylic acids is 1. The Kier molecular flexibility index (Phi) is 10.2. The van der Waals surface area contributed by atoms with Crippen LogP contribution in [0.5, 0.6) is 0 Å². The SMILES string of the molecule is CC[C@@H](O)/C=C/[C@H]1O[C@H]([C@@H](O)CCCCCCCC(=O)O)C[C@H]1O. The molecule has 6 nitrogen and oxygen atoms in total. The maximum Gasteiger partial charge on any atom is 0.303 e. The second kappa shape index (κ2) is 11.6. The van der Waals surface area contributed by atoms with Crippen molar-refractivity contribution in [1.82, 2.24) is 0 Å². The molecule has 0 amide bonds. The third kappa shape index (κ3) is 8.24. The minimum atomic E-state index is -0.752. The average molecular weight is 344 g/mol. The van der Waals surface area contributed by atoms with E-state index >= 15 is 0 Å². The number of ether oxygens (including phenoxy) is 1. The van der Waals surface area contributed by atoms with E-state index in [2.05, 4.69) is 0 Å². The normalized spacial score (nSPS) is 26.8. The Hall–Kier alpha value is -0.950. The van der Waals surface area contributed by atoms with E-state index in [9.17, 15) is 20.1 Å². The van der Waals surface area contributed by atoms with Gasteiger partial charge in [0.25, 0.3) is 0 Å². The molecular formula is C18H32O6. The predicted molar refractivity (Wildman–Crippen MR) is 90.7 cm³/mol. The molecule has 1 saturated heterocycles. The van der Waals surface area contributed by atoms with E-state index in [0.717, 1.165) is 25.7 Å². The minimum absolute atomic E-state index is 0.220. The van der Waals surface area contributed by atoms with Crippen molar-refractivity contribution in [2.45, 2.75) is 95.2 Å². The number of aliphatic hydroxyl groups excluding tert-OH is 3. The number of hydrogen-bond donors (Lipinski definition) is 4. The Bertz CT molecular complexity index is 384. The van der Waals surface area contributed by atoms with Gasteiger partial charge in [0.15, 0.2) is 0 Å². The van der Waals surface area contributed by atoms with Crippen LogP contribution in [0.25, 0.3) is 0 Å². The zero-order valence-electron chi connectivity index (χ0n) is 14.5. The maximum atomic E-state index is 10.4. The summed E-state index contributed by atoms with van der Waals surface area (Å²) < 4.78 is 5.69. The molecule has 0 unspecified atom stereocenters. The quantitative estimate of drug-likeness (QED) is 0.319. The first-order chi connectivity index (χ1) is 11.4. The standard InChI is InChI=1S/C18H32O6/c1-2-13(19)10-11-16-15(21)12-17(24-16)14(20)8-6-4-3-5-7-9-18(22)23/h10-11,13-17,19-21H,2-9,12H2,1H3,(H,22,23)/b11-10+/t13-,14+,15-,16-,17+/m1/s1. The Morgan fingerprint density at radius 2 is 1.88 bits per heavy atom. The molecule has 24 heavy (non-hydrogen) atoms. The van der Waals surface area contributed by atoms with Crippen molar-refractivity contribution in [1.29, 1.82) is 0 Å². The van der Waals surface area contributed by atoms with Crippen LogP contribution in [0.2, 0.25) is 0 Å². The van der Waals surface area contributed by atoms with E-state index in [0.29, 0.717) is 25.7 Å². The summed E-state index contributed by atoms with van der Waals surface area (Å²) in [5.41, 5.74) is 0. The lowest BCUT2D eigenvalue weighted by atomic mass is 10.0. The highest BCUT2D eigenvalue weighted by Gasteiger charge is 2.36. The summed E-state index contributed by atoms with van der Waals surface area (Å²) in [4.78, 5) is 10.4. The van der Waals surface area contributed by atoms with Crippen molar-refractivity contribution in [2.75, 3.05) is 0 Å². The summed E-state index contributed by atoms with van der Waals surface area (Å²) >= 11 is 0. The van der Waals surface area contributed by atoms with Crippen LogP contribution in [-0.2, 0) is 9.53 Å². The van der Waals surface area contributed by atoms with Crippen molar-refractivity contribution < 1.29 is 30.0 Å². The van der Waals surface area contributed by atoms with Crippen molar-refractivity contribution in [3.05, 3.63) is 12.2 Å². The first-order valence-electron chi connectivity index (χ1n) is 9.03. The van der Waals surface area contributed by atoms with Crippen LogP contribution >= 0.6 is 0 Å². The number of rotatable bonds is 12. The van der Waals surface area contributed by atoms with Crippen LogP contribution in [-0.4, -0.2) is 56.9 Å². The molecule has 1 rings (SSSR count). The van der Waals surface area contributed by atoms with Gasteiger partial charge in [0.2, 0.25) is 0 Å². The van der Waals surface area contributed by atoms with Gasteiger partial charge in [-0.05, 0) is 19.3 Å². The van der Waals surface area contributed by atoms with Crippen LogP contribution in [0.3, 0.4) is 0 Å². The molecule has 0 spiro atoms. The summed E-state index contributed by atoms with van der Waals surface area (Å²) in [5.74, 6) is -0.752. The van der Waals surface area contributed by atoms with Crippen LogP contribution in [0.1, 0.15) is 64.7 Å². The fourth-order valence-electron chi connectivity index (χ4n) is 2.86. The zero-order chi connectivity index (χ0) is 17.9. The van der Waals surface area contributed by atoms with Crippen LogP contribution in [0.4, 0.5) is 0 Å². The van der Waals surface area contributed by atoms with Gasteiger partial charge in [-0.1, -0.05) is 44.8 Å². The number of unbranched alkanes of at least 4 members (excludes halogenated alkanes) is 4. The fourth-order valence-corrected chi connectivity index (χ4v) is 2.86. The summed E-state index contributed by atoms with van der Waals surface area (Å²) in [5, 5.41) is 38.2. The minimum Gasteiger partial charge on any atom is -0.481 e. The molecule has 0 bridgehead atoms. The van der Waals surface area contributed by atoms with Crippen molar-refractivity contribution in [3.63, 3.8) is 0 Å². The number of hydrogen-bond acceptors (Lipinski definition) is 5. The van der Waals surface area contributed by atoms with Gasteiger partial charge in [-0.25, -0.2) is 0 Å². The highest BCUT2D eigenvalue weighted by molar-refractivity contribution is 5.66. The monoisotopic (exact) mass is 344 g/mol. The summed E-state index contributed by atoms with van der Waals surface area (Å²) in [6.07, 6.45) is 6.89. The molecule has 1 aliphatic heterocycles. The molecule has 0 aromatic carbocycles. The van der Waals surface area contributed by atoms with Gasteiger partial charge < -0.3 is 25.2 Å². The topological polar surface area (TPSA) is 107 Å². The van der Waals surface area contributed by atoms with Gasteiger partial charge in [0.05, 0.1) is 24.4 Å². The predicted octanol–water partition coefficient (Wildman–Crippen LogP) is 2.01. The largest absolute Gasteiger partial charge is 0.481 e. The lowest BCUT2D eigenvalue weighted by molar-refractivity contribution is -0.137. The van der Waals surface area contributed by atoms with E-state index in [1.54, 1.807) is 12.2 Å². The lowest BCUT2D eigenvalue weighted by Gasteiger charge is -2.18. The Morgan fingerprint density at radius 3 is 2.54 bits per heavy atom. The summed E-state index contributed by atoms with van der Waals surface area (Å²) in [6.45, 7) is 1.87. The molecule has 4 N–H and O–H groups in total. The second-order valence-corrected chi connectivity index (χ2v) is 6.57. The molecule has 1 aliphatic rings.